The van der Waals surface area contributed by atoms with Crippen molar-refractivity contribution in [3.63, 3.8) is 0 Å². The molecule has 1 aliphatic rings. The highest BCUT2D eigenvalue weighted by molar-refractivity contribution is 6.30. The van der Waals surface area contributed by atoms with Gasteiger partial charge in [0.1, 0.15) is 0 Å². The maximum absolute atomic E-state index is 12.2. The van der Waals surface area contributed by atoms with E-state index in [-0.39, 0.29) is 12.3 Å². The first-order valence-corrected chi connectivity index (χ1v) is 8.83. The summed E-state index contributed by atoms with van der Waals surface area (Å²) in [6.07, 6.45) is 0.121. The summed E-state index contributed by atoms with van der Waals surface area (Å²) in [5, 5.41) is 3.04. The summed E-state index contributed by atoms with van der Waals surface area (Å²) < 4.78 is 0. The van der Waals surface area contributed by atoms with Gasteiger partial charge in [-0.3, -0.25) is 15.0 Å². The zero-order chi connectivity index (χ0) is 19.2. The number of rotatable bonds is 4. The van der Waals surface area contributed by atoms with E-state index in [1.54, 1.807) is 29.2 Å². The molecular formula is C19H19ClN4O3. The molecule has 27 heavy (non-hydrogen) atoms. The van der Waals surface area contributed by atoms with Gasteiger partial charge in [-0.1, -0.05) is 48.0 Å². The molecule has 2 aromatic rings. The van der Waals surface area contributed by atoms with Gasteiger partial charge < -0.3 is 10.2 Å². The normalized spacial score (nSPS) is 16.1. The molecule has 2 aromatic carbocycles. The Morgan fingerprint density at radius 1 is 1.07 bits per heavy atom. The van der Waals surface area contributed by atoms with E-state index in [1.807, 2.05) is 30.3 Å². The molecule has 1 aliphatic heterocycles. The molecule has 0 aromatic heterocycles. The van der Waals surface area contributed by atoms with E-state index in [1.165, 1.54) is 0 Å². The van der Waals surface area contributed by atoms with Crippen LogP contribution in [0.5, 0.6) is 0 Å². The molecule has 1 atom stereocenters. The van der Waals surface area contributed by atoms with E-state index in [4.69, 9.17) is 11.6 Å². The fourth-order valence-electron chi connectivity index (χ4n) is 2.85. The number of hydrogen-bond donors (Lipinski definition) is 3. The van der Waals surface area contributed by atoms with Crippen LogP contribution in [0.25, 0.3) is 0 Å². The topological polar surface area (TPSA) is 90.5 Å². The lowest BCUT2D eigenvalue weighted by Crippen LogP contribution is -2.46. The number of urea groups is 1. The third-order valence-electron chi connectivity index (χ3n) is 4.18. The van der Waals surface area contributed by atoms with E-state index in [9.17, 15) is 14.4 Å². The molecule has 8 heteroatoms. The third kappa shape index (κ3) is 5.21. The van der Waals surface area contributed by atoms with Crippen molar-refractivity contribution in [1.29, 1.82) is 0 Å². The molecule has 3 rings (SSSR count). The highest BCUT2D eigenvalue weighted by atomic mass is 35.5. The van der Waals surface area contributed by atoms with Crippen LogP contribution < -0.4 is 16.2 Å². The molecule has 0 saturated carbocycles. The summed E-state index contributed by atoms with van der Waals surface area (Å²) in [6, 6.07) is 15.6. The van der Waals surface area contributed by atoms with Crippen molar-refractivity contribution in [3.8, 4) is 0 Å². The molecule has 140 valence electrons. The Morgan fingerprint density at radius 2 is 1.85 bits per heavy atom. The smallest absolute Gasteiger partial charge is 0.337 e. The number of benzene rings is 2. The molecule has 1 unspecified atom stereocenters. The lowest BCUT2D eigenvalue weighted by molar-refractivity contribution is -0.129. The van der Waals surface area contributed by atoms with Gasteiger partial charge in [0.25, 0.3) is 0 Å². The minimum absolute atomic E-state index is 0.0811. The number of hydrogen-bond acceptors (Lipinski definition) is 3. The number of halogens is 1. The number of nitrogens with one attached hydrogen (secondary N) is 3. The number of amides is 4. The number of nitrogens with zero attached hydrogens (tertiary/aromatic N) is 1. The maximum Gasteiger partial charge on any atom is 0.337 e. The van der Waals surface area contributed by atoms with Crippen LogP contribution in [0.3, 0.4) is 0 Å². The highest BCUT2D eigenvalue weighted by Crippen LogP contribution is 2.20. The van der Waals surface area contributed by atoms with Crippen LogP contribution in [0.15, 0.2) is 54.6 Å². The van der Waals surface area contributed by atoms with E-state index in [2.05, 4.69) is 16.2 Å². The van der Waals surface area contributed by atoms with E-state index in [0.29, 0.717) is 23.8 Å². The Hall–Kier alpha value is -3.06. The summed E-state index contributed by atoms with van der Waals surface area (Å²) in [4.78, 5) is 37.9. The average molecular weight is 387 g/mol. The number of hydrazine groups is 1. The first-order chi connectivity index (χ1) is 13.0. The second kappa shape index (κ2) is 8.55. The second-order valence-electron chi connectivity index (χ2n) is 6.24. The molecule has 0 spiro atoms. The Labute approximate surface area is 161 Å². The molecule has 0 aliphatic carbocycles. The molecule has 1 fully saturated rings. The molecule has 4 amide bonds. The Bertz CT molecular complexity index is 844. The fraction of sp³-hybridized carbons (Fsp3) is 0.211. The van der Waals surface area contributed by atoms with Crippen LogP contribution in [0, 0.1) is 5.92 Å². The largest absolute Gasteiger partial charge is 0.338 e. The van der Waals surface area contributed by atoms with E-state index in [0.717, 1.165) is 5.56 Å². The van der Waals surface area contributed by atoms with Gasteiger partial charge >= 0.3 is 6.03 Å². The van der Waals surface area contributed by atoms with Crippen LogP contribution >= 0.6 is 11.6 Å². The summed E-state index contributed by atoms with van der Waals surface area (Å²) >= 11 is 5.85. The number of carbonyl (C=O) groups is 3. The molecule has 1 heterocycles. The minimum atomic E-state index is -0.601. The van der Waals surface area contributed by atoms with Crippen molar-refractivity contribution >= 4 is 35.1 Å². The number of carbonyl (C=O) groups excluding carboxylic acids is 3. The predicted octanol–water partition coefficient (Wildman–Crippen LogP) is 2.54. The lowest BCUT2D eigenvalue weighted by Gasteiger charge is -2.17. The van der Waals surface area contributed by atoms with E-state index < -0.39 is 17.9 Å². The van der Waals surface area contributed by atoms with Crippen LogP contribution in [0.1, 0.15) is 12.0 Å². The predicted molar refractivity (Wildman–Crippen MR) is 102 cm³/mol. The van der Waals surface area contributed by atoms with Crippen LogP contribution in [-0.2, 0) is 16.1 Å². The monoisotopic (exact) mass is 386 g/mol. The molecule has 7 nitrogen and oxygen atoms in total. The number of likely N-dealkylation sites (tertiary alicyclic amines) is 1. The van der Waals surface area contributed by atoms with Gasteiger partial charge in [-0.2, -0.15) is 0 Å². The van der Waals surface area contributed by atoms with Crippen molar-refractivity contribution in [2.24, 2.45) is 5.92 Å². The Kier molecular flexibility index (Phi) is 5.93. The molecule has 0 radical (unpaired) electrons. The van der Waals surface area contributed by atoms with Crippen molar-refractivity contribution in [2.75, 3.05) is 11.9 Å². The summed E-state index contributed by atoms with van der Waals surface area (Å²) in [5.41, 5.74) is 6.14. The van der Waals surface area contributed by atoms with Crippen molar-refractivity contribution in [1.82, 2.24) is 15.8 Å². The van der Waals surface area contributed by atoms with Gasteiger partial charge in [-0.05, 0) is 23.8 Å². The Balaban J connectivity index is 1.47. The zero-order valence-electron chi connectivity index (χ0n) is 14.4. The van der Waals surface area contributed by atoms with Gasteiger partial charge in [0.05, 0.1) is 5.92 Å². The van der Waals surface area contributed by atoms with E-state index >= 15 is 0 Å². The first kappa shape index (κ1) is 18.7. The lowest BCUT2D eigenvalue weighted by atomic mass is 10.1. The summed E-state index contributed by atoms with van der Waals surface area (Å²) in [6.45, 7) is 0.781. The minimum Gasteiger partial charge on any atom is -0.338 e. The summed E-state index contributed by atoms with van der Waals surface area (Å²) in [7, 11) is 0. The Morgan fingerprint density at radius 3 is 2.59 bits per heavy atom. The quantitative estimate of drug-likeness (QED) is 0.705. The van der Waals surface area contributed by atoms with Gasteiger partial charge in [0.2, 0.25) is 11.8 Å². The fourth-order valence-corrected chi connectivity index (χ4v) is 3.04. The first-order valence-electron chi connectivity index (χ1n) is 8.45. The average Bonchev–Trinajstić information content (AvgIpc) is 3.01. The maximum atomic E-state index is 12.2. The van der Waals surface area contributed by atoms with Crippen molar-refractivity contribution < 1.29 is 14.4 Å². The molecule has 0 bridgehead atoms. The van der Waals surface area contributed by atoms with Crippen LogP contribution in [0.2, 0.25) is 5.02 Å². The van der Waals surface area contributed by atoms with Gasteiger partial charge in [-0.25, -0.2) is 10.2 Å². The van der Waals surface area contributed by atoms with Crippen molar-refractivity contribution in [2.45, 2.75) is 13.0 Å². The molecule has 3 N–H and O–H groups in total. The standard InChI is InChI=1S/C19H19ClN4O3/c20-15-7-4-8-16(10-15)21-19(27)23-22-18(26)14-9-17(25)24(12-14)11-13-5-2-1-3-6-13/h1-8,10,14H,9,11-12H2,(H,22,26)(H2,21,23,27). The molecular weight excluding hydrogens is 368 g/mol. The van der Waals surface area contributed by atoms with Crippen LogP contribution in [0.4, 0.5) is 10.5 Å². The van der Waals surface area contributed by atoms with Gasteiger partial charge in [-0.15, -0.1) is 0 Å². The van der Waals surface area contributed by atoms with Crippen LogP contribution in [-0.4, -0.2) is 29.3 Å². The van der Waals surface area contributed by atoms with Gasteiger partial charge in [0, 0.05) is 30.2 Å². The second-order valence-corrected chi connectivity index (χ2v) is 6.68. The SMILES string of the molecule is O=C(NNC(=O)C1CC(=O)N(Cc2ccccc2)C1)Nc1cccc(Cl)c1. The highest BCUT2D eigenvalue weighted by Gasteiger charge is 2.34. The summed E-state index contributed by atoms with van der Waals surface area (Å²) in [5.74, 6) is -0.991. The van der Waals surface area contributed by atoms with Gasteiger partial charge in [0.15, 0.2) is 0 Å². The van der Waals surface area contributed by atoms with Crippen molar-refractivity contribution in [3.05, 3.63) is 65.2 Å². The zero-order valence-corrected chi connectivity index (χ0v) is 15.2. The third-order valence-corrected chi connectivity index (χ3v) is 4.42. The number of anilines is 1. The molecule has 1 saturated heterocycles.